The first kappa shape index (κ1) is 27.9. The Balaban J connectivity index is 1.59. The third-order valence-electron chi connectivity index (χ3n) is 7.82. The minimum atomic E-state index is -0.344. The lowest BCUT2D eigenvalue weighted by molar-refractivity contribution is 0.0588. The van der Waals surface area contributed by atoms with E-state index in [1.165, 1.54) is 0 Å². The minimum Gasteiger partial charge on any atom is -0.497 e. The average molecular weight is 590 g/mol. The molecule has 0 spiro atoms. The van der Waals surface area contributed by atoms with Gasteiger partial charge in [-0.3, -0.25) is 9.48 Å². The first-order valence-corrected chi connectivity index (χ1v) is 15.4. The van der Waals surface area contributed by atoms with Crippen LogP contribution in [-0.2, 0) is 13.7 Å². The van der Waals surface area contributed by atoms with E-state index in [1.807, 2.05) is 48.5 Å². The molecule has 6 rings (SSSR count). The highest BCUT2D eigenvalue weighted by Gasteiger charge is 2.39. The Morgan fingerprint density at radius 1 is 1.02 bits per heavy atom. The van der Waals surface area contributed by atoms with Crippen molar-refractivity contribution >= 4 is 22.3 Å². The van der Waals surface area contributed by atoms with E-state index in [4.69, 9.17) is 24.0 Å². The standard InChI is InChI=1S/C31H35N5O5S/c1-31(2)18-42(7)11-10-35(31)30(37)28-24-17-41-27-16-26(40-6)22(25-8-9-34(3)32-25)15-23(27)29(24)36(33-28)19-12-20(38-4)14-21(13-19)39-5/h8-9,12-16H,7,10-11,17-18H2,1-6H3. The summed E-state index contributed by atoms with van der Waals surface area (Å²) in [6.07, 6.45) is 1.89. The third-order valence-corrected chi connectivity index (χ3v) is 9.70. The molecule has 2 aliphatic rings. The number of carbonyl (C=O) groups excluding carboxylic acids is 1. The molecule has 42 heavy (non-hydrogen) atoms. The molecule has 4 aromatic rings. The maximum absolute atomic E-state index is 14.3. The second-order valence-corrected chi connectivity index (χ2v) is 13.0. The van der Waals surface area contributed by atoms with Crippen molar-refractivity contribution in [2.75, 3.05) is 39.4 Å². The summed E-state index contributed by atoms with van der Waals surface area (Å²) in [4.78, 5) is 16.2. The van der Waals surface area contributed by atoms with Crippen LogP contribution in [-0.4, -0.2) is 81.2 Å². The molecule has 2 aromatic heterocycles. The molecule has 1 unspecified atom stereocenters. The number of amides is 1. The van der Waals surface area contributed by atoms with E-state index in [1.54, 1.807) is 36.8 Å². The Morgan fingerprint density at radius 3 is 2.38 bits per heavy atom. The van der Waals surface area contributed by atoms with Crippen LogP contribution in [0.3, 0.4) is 0 Å². The zero-order valence-electron chi connectivity index (χ0n) is 24.8. The van der Waals surface area contributed by atoms with E-state index in [-0.39, 0.29) is 28.5 Å². The number of rotatable bonds is 6. The lowest BCUT2D eigenvalue weighted by Crippen LogP contribution is -2.54. The smallest absolute Gasteiger partial charge is 0.275 e. The maximum atomic E-state index is 14.3. The van der Waals surface area contributed by atoms with Crippen molar-refractivity contribution in [1.29, 1.82) is 0 Å². The first-order valence-electron chi connectivity index (χ1n) is 13.6. The summed E-state index contributed by atoms with van der Waals surface area (Å²) in [7, 11) is 6.73. The molecule has 1 saturated heterocycles. The summed E-state index contributed by atoms with van der Waals surface area (Å²) in [5.74, 6) is 8.38. The molecule has 0 radical (unpaired) electrons. The molecular formula is C31H35N5O5S. The lowest BCUT2D eigenvalue weighted by atomic mass is 9.97. The van der Waals surface area contributed by atoms with Gasteiger partial charge >= 0.3 is 0 Å². The molecule has 1 fully saturated rings. The van der Waals surface area contributed by atoms with E-state index in [2.05, 4.69) is 24.8 Å². The van der Waals surface area contributed by atoms with Crippen molar-refractivity contribution in [3.05, 3.63) is 53.9 Å². The maximum Gasteiger partial charge on any atom is 0.275 e. The number of benzene rings is 2. The monoisotopic (exact) mass is 589 g/mol. The molecule has 0 N–H and O–H groups in total. The first-order chi connectivity index (χ1) is 20.1. The van der Waals surface area contributed by atoms with Crippen molar-refractivity contribution in [3.63, 3.8) is 0 Å². The number of fused-ring (bicyclic) bond motifs is 3. The molecule has 1 amide bonds. The highest BCUT2D eigenvalue weighted by atomic mass is 32.2. The third kappa shape index (κ3) is 4.71. The topological polar surface area (TPSA) is 92.9 Å². The number of methoxy groups -OCH3 is 3. The average Bonchev–Trinajstić information content (AvgIpc) is 3.59. The van der Waals surface area contributed by atoms with E-state index < -0.39 is 0 Å². The van der Waals surface area contributed by atoms with Crippen LogP contribution in [0.4, 0.5) is 0 Å². The minimum absolute atomic E-state index is 0.0190. The van der Waals surface area contributed by atoms with Gasteiger partial charge in [0.15, 0.2) is 5.69 Å². The van der Waals surface area contributed by atoms with Crippen molar-refractivity contribution in [2.24, 2.45) is 7.05 Å². The molecule has 0 saturated carbocycles. The van der Waals surface area contributed by atoms with Crippen LogP contribution in [0.5, 0.6) is 23.0 Å². The van der Waals surface area contributed by atoms with Gasteiger partial charge in [0.05, 0.1) is 38.4 Å². The second kappa shape index (κ2) is 10.5. The van der Waals surface area contributed by atoms with Gasteiger partial charge in [-0.25, -0.2) is 4.68 Å². The molecule has 2 aromatic carbocycles. The highest BCUT2D eigenvalue weighted by molar-refractivity contribution is 8.14. The van der Waals surface area contributed by atoms with Gasteiger partial charge in [0.1, 0.15) is 29.6 Å². The van der Waals surface area contributed by atoms with Gasteiger partial charge in [-0.1, -0.05) is 5.87 Å². The van der Waals surface area contributed by atoms with Gasteiger partial charge in [-0.05, 0) is 26.0 Å². The number of ether oxygens (including phenoxy) is 4. The number of hydrogen-bond acceptors (Lipinski definition) is 7. The van der Waals surface area contributed by atoms with E-state index in [0.29, 0.717) is 40.9 Å². The van der Waals surface area contributed by atoms with Gasteiger partial charge in [0.2, 0.25) is 0 Å². The van der Waals surface area contributed by atoms with Crippen molar-refractivity contribution in [3.8, 4) is 51.2 Å². The number of carbonyl (C=O) groups is 1. The van der Waals surface area contributed by atoms with Crippen LogP contribution in [0.15, 0.2) is 42.6 Å². The zero-order valence-corrected chi connectivity index (χ0v) is 25.6. The van der Waals surface area contributed by atoms with Crippen LogP contribution in [0.1, 0.15) is 29.9 Å². The van der Waals surface area contributed by atoms with Crippen LogP contribution < -0.4 is 18.9 Å². The number of nitrogens with zero attached hydrogens (tertiary/aromatic N) is 5. The van der Waals surface area contributed by atoms with Gasteiger partial charge in [-0.2, -0.15) is 20.7 Å². The Labute approximate surface area is 247 Å². The summed E-state index contributed by atoms with van der Waals surface area (Å²) in [5.41, 5.74) is 4.55. The summed E-state index contributed by atoms with van der Waals surface area (Å²) in [6.45, 7) is 5.02. The Kier molecular flexibility index (Phi) is 7.00. The quantitative estimate of drug-likeness (QED) is 0.299. The number of hydrogen-bond donors (Lipinski definition) is 0. The number of aromatic nitrogens is 4. The molecule has 0 bridgehead atoms. The fraction of sp³-hybridized carbons (Fsp3) is 0.355. The van der Waals surface area contributed by atoms with Crippen LogP contribution in [0.25, 0.3) is 28.2 Å². The molecule has 10 nitrogen and oxygen atoms in total. The Morgan fingerprint density at radius 2 is 1.76 bits per heavy atom. The van der Waals surface area contributed by atoms with Gasteiger partial charge in [-0.15, -0.1) is 0 Å². The summed E-state index contributed by atoms with van der Waals surface area (Å²) >= 11 is 0. The second-order valence-electron chi connectivity index (χ2n) is 11.1. The van der Waals surface area contributed by atoms with E-state index in [9.17, 15) is 4.79 Å². The van der Waals surface area contributed by atoms with E-state index in [0.717, 1.165) is 39.6 Å². The zero-order chi connectivity index (χ0) is 29.8. The van der Waals surface area contributed by atoms with Crippen molar-refractivity contribution < 1.29 is 23.7 Å². The molecule has 220 valence electrons. The predicted octanol–water partition coefficient (Wildman–Crippen LogP) is 4.79. The molecule has 1 atom stereocenters. The van der Waals surface area contributed by atoms with Gasteiger partial charge in [0.25, 0.3) is 5.91 Å². The molecule has 0 aliphatic carbocycles. The lowest BCUT2D eigenvalue weighted by Gasteiger charge is -2.43. The molecular weight excluding hydrogens is 554 g/mol. The highest BCUT2D eigenvalue weighted by Crippen LogP contribution is 2.46. The van der Waals surface area contributed by atoms with Crippen molar-refractivity contribution in [2.45, 2.75) is 26.0 Å². The van der Waals surface area contributed by atoms with E-state index >= 15 is 0 Å². The van der Waals surface area contributed by atoms with Gasteiger partial charge < -0.3 is 23.8 Å². The predicted molar refractivity (Wildman–Crippen MR) is 165 cm³/mol. The number of aryl methyl sites for hydroxylation is 1. The van der Waals surface area contributed by atoms with Crippen LogP contribution in [0.2, 0.25) is 0 Å². The summed E-state index contributed by atoms with van der Waals surface area (Å²) in [5, 5.41) is 9.60. The summed E-state index contributed by atoms with van der Waals surface area (Å²) in [6, 6.07) is 11.4. The largest absolute Gasteiger partial charge is 0.497 e. The normalized spacial score (nSPS) is 17.2. The van der Waals surface area contributed by atoms with Crippen molar-refractivity contribution in [1.82, 2.24) is 24.5 Å². The molecule has 11 heteroatoms. The summed E-state index contributed by atoms with van der Waals surface area (Å²) < 4.78 is 26.7. The Bertz CT molecular complexity index is 1700. The molecule has 2 aliphatic heterocycles. The van der Waals surface area contributed by atoms with Gasteiger partial charge in [0, 0.05) is 77.8 Å². The SMILES string of the molecule is C=S1CCN(C(=O)c2nn(-c3cc(OC)cc(OC)c3)c3c2COc2cc(OC)c(-c4ccn(C)n4)cc2-3)C(C)(C)C1. The van der Waals surface area contributed by atoms with Crippen LogP contribution >= 0.6 is 10.5 Å². The Hall–Kier alpha value is -4.25. The fourth-order valence-corrected chi connectivity index (χ4v) is 7.50. The fourth-order valence-electron chi connectivity index (χ4n) is 5.76. The molecule has 4 heterocycles. The van der Waals surface area contributed by atoms with Crippen LogP contribution in [0, 0.1) is 0 Å².